The van der Waals surface area contributed by atoms with Crippen LogP contribution in [0.4, 0.5) is 17.1 Å². The Balaban J connectivity index is 1.53. The monoisotopic (exact) mass is 430 g/mol. The van der Waals surface area contributed by atoms with Crippen LogP contribution in [0.1, 0.15) is 11.4 Å². The summed E-state index contributed by atoms with van der Waals surface area (Å²) in [5.41, 5.74) is 2.14. The molecular formula is C20H26N6O5. The van der Waals surface area contributed by atoms with Crippen molar-refractivity contribution in [3.8, 4) is 0 Å². The van der Waals surface area contributed by atoms with Crippen LogP contribution in [0.2, 0.25) is 0 Å². The van der Waals surface area contributed by atoms with Gasteiger partial charge in [0.05, 0.1) is 24.7 Å². The number of nitrogens with one attached hydrogen (secondary N) is 1. The summed E-state index contributed by atoms with van der Waals surface area (Å²) in [6, 6.07) is 7.51. The average molecular weight is 430 g/mol. The van der Waals surface area contributed by atoms with E-state index in [4.69, 9.17) is 4.74 Å². The summed E-state index contributed by atoms with van der Waals surface area (Å²) in [7, 11) is 1.50. The molecule has 166 valence electrons. The number of hydrogen-bond donors (Lipinski definition) is 1. The van der Waals surface area contributed by atoms with Crippen LogP contribution >= 0.6 is 0 Å². The Morgan fingerprint density at radius 3 is 2.45 bits per heavy atom. The van der Waals surface area contributed by atoms with Gasteiger partial charge in [-0.1, -0.05) is 0 Å². The van der Waals surface area contributed by atoms with Gasteiger partial charge >= 0.3 is 5.69 Å². The highest BCUT2D eigenvalue weighted by molar-refractivity contribution is 5.94. The van der Waals surface area contributed by atoms with Crippen molar-refractivity contribution in [2.75, 3.05) is 50.1 Å². The van der Waals surface area contributed by atoms with Crippen molar-refractivity contribution >= 4 is 28.9 Å². The maximum absolute atomic E-state index is 12.5. The normalized spacial score (nSPS) is 13.7. The minimum absolute atomic E-state index is 0.103. The first-order chi connectivity index (χ1) is 14.8. The van der Waals surface area contributed by atoms with Crippen LogP contribution in [0.5, 0.6) is 0 Å². The number of nitro groups is 1. The van der Waals surface area contributed by atoms with Crippen LogP contribution in [0.3, 0.4) is 0 Å². The van der Waals surface area contributed by atoms with Gasteiger partial charge in [-0.05, 0) is 38.1 Å². The average Bonchev–Trinajstić information content (AvgIpc) is 3.02. The van der Waals surface area contributed by atoms with Gasteiger partial charge in [-0.2, -0.15) is 5.10 Å². The lowest BCUT2D eigenvalue weighted by molar-refractivity contribution is -0.386. The van der Waals surface area contributed by atoms with Gasteiger partial charge in [0.2, 0.25) is 11.8 Å². The van der Waals surface area contributed by atoms with E-state index in [1.165, 1.54) is 23.6 Å². The molecule has 0 unspecified atom stereocenters. The van der Waals surface area contributed by atoms with E-state index in [2.05, 4.69) is 15.3 Å². The molecule has 1 N–H and O–H groups in total. The van der Waals surface area contributed by atoms with Gasteiger partial charge in [-0.25, -0.2) is 0 Å². The summed E-state index contributed by atoms with van der Waals surface area (Å²) in [6.45, 7) is 5.79. The molecule has 1 aliphatic rings. The molecule has 0 bridgehead atoms. The Bertz CT molecular complexity index is 965. The molecule has 2 amide bonds. The Kier molecular flexibility index (Phi) is 6.85. The van der Waals surface area contributed by atoms with Crippen molar-refractivity contribution in [1.82, 2.24) is 14.7 Å². The third-order valence-corrected chi connectivity index (χ3v) is 5.14. The van der Waals surface area contributed by atoms with E-state index in [1.54, 1.807) is 6.92 Å². The predicted octanol–water partition coefficient (Wildman–Crippen LogP) is 1.34. The Morgan fingerprint density at radius 1 is 1.23 bits per heavy atom. The lowest BCUT2D eigenvalue weighted by Gasteiger charge is -2.28. The van der Waals surface area contributed by atoms with Crippen molar-refractivity contribution in [2.24, 2.45) is 0 Å². The van der Waals surface area contributed by atoms with Gasteiger partial charge in [0.15, 0.2) is 0 Å². The topological polar surface area (TPSA) is 123 Å². The second-order valence-electron chi connectivity index (χ2n) is 7.38. The van der Waals surface area contributed by atoms with Crippen LogP contribution in [0.25, 0.3) is 0 Å². The van der Waals surface area contributed by atoms with E-state index < -0.39 is 4.92 Å². The first kappa shape index (κ1) is 22.2. The number of aryl methyl sites for hydroxylation is 1. The fourth-order valence-electron chi connectivity index (χ4n) is 3.44. The number of carbonyl (C=O) groups is 2. The van der Waals surface area contributed by atoms with Crippen molar-refractivity contribution in [3.05, 3.63) is 45.8 Å². The van der Waals surface area contributed by atoms with Crippen molar-refractivity contribution in [3.63, 3.8) is 0 Å². The molecule has 31 heavy (non-hydrogen) atoms. The van der Waals surface area contributed by atoms with Crippen molar-refractivity contribution in [2.45, 2.75) is 20.4 Å². The zero-order chi connectivity index (χ0) is 22.5. The molecule has 0 aliphatic carbocycles. The number of likely N-dealkylation sites (N-methyl/N-ethyl adjacent to an activating group) is 1. The number of amides is 2. The molecule has 11 heteroatoms. The molecule has 1 fully saturated rings. The number of morpholine rings is 1. The highest BCUT2D eigenvalue weighted by atomic mass is 16.6. The minimum Gasteiger partial charge on any atom is -0.378 e. The van der Waals surface area contributed by atoms with Crippen LogP contribution in [0, 0.1) is 24.0 Å². The van der Waals surface area contributed by atoms with Crippen LogP contribution in [-0.4, -0.2) is 71.3 Å². The molecule has 1 aromatic heterocycles. The summed E-state index contributed by atoms with van der Waals surface area (Å²) in [5, 5.41) is 17.9. The smallest absolute Gasteiger partial charge is 0.312 e. The van der Waals surface area contributed by atoms with E-state index in [-0.39, 0.29) is 36.3 Å². The minimum atomic E-state index is -0.514. The van der Waals surface area contributed by atoms with E-state index in [0.717, 1.165) is 18.8 Å². The molecular weight excluding hydrogens is 404 g/mol. The molecule has 0 radical (unpaired) electrons. The first-order valence-electron chi connectivity index (χ1n) is 9.91. The number of carbonyl (C=O) groups excluding carboxylic acids is 2. The molecule has 1 saturated heterocycles. The number of anilines is 2. The largest absolute Gasteiger partial charge is 0.378 e. The van der Waals surface area contributed by atoms with Crippen LogP contribution < -0.4 is 10.2 Å². The van der Waals surface area contributed by atoms with E-state index in [1.807, 2.05) is 24.3 Å². The second-order valence-corrected chi connectivity index (χ2v) is 7.38. The summed E-state index contributed by atoms with van der Waals surface area (Å²) in [6.07, 6.45) is 0. The molecule has 0 spiro atoms. The fourth-order valence-corrected chi connectivity index (χ4v) is 3.44. The van der Waals surface area contributed by atoms with Gasteiger partial charge in [0.25, 0.3) is 0 Å². The summed E-state index contributed by atoms with van der Waals surface area (Å²) in [4.78, 5) is 38.9. The Hall–Kier alpha value is -3.47. The number of ether oxygens (including phenoxy) is 1. The lowest BCUT2D eigenvalue weighted by Crippen LogP contribution is -2.37. The van der Waals surface area contributed by atoms with Crippen LogP contribution in [-0.2, 0) is 20.9 Å². The molecule has 0 atom stereocenters. The van der Waals surface area contributed by atoms with Crippen LogP contribution in [0.15, 0.2) is 24.3 Å². The van der Waals surface area contributed by atoms with Gasteiger partial charge in [-0.3, -0.25) is 24.4 Å². The van der Waals surface area contributed by atoms with Gasteiger partial charge in [0.1, 0.15) is 17.9 Å². The summed E-state index contributed by atoms with van der Waals surface area (Å²) in [5.74, 6) is -0.715. The van der Waals surface area contributed by atoms with E-state index in [0.29, 0.717) is 24.6 Å². The molecule has 2 heterocycles. The lowest BCUT2D eigenvalue weighted by atomic mass is 10.2. The summed E-state index contributed by atoms with van der Waals surface area (Å²) >= 11 is 0. The maximum Gasteiger partial charge on any atom is 0.312 e. The molecule has 11 nitrogen and oxygen atoms in total. The van der Waals surface area contributed by atoms with Gasteiger partial charge < -0.3 is 19.9 Å². The van der Waals surface area contributed by atoms with E-state index in [9.17, 15) is 19.7 Å². The fraction of sp³-hybridized carbons (Fsp3) is 0.450. The SMILES string of the molecule is Cc1nn(CC(=O)N(C)CC(=O)Nc2ccc(N3CCOCC3)cc2)c(C)c1[N+](=O)[O-]. The third kappa shape index (κ3) is 5.37. The second kappa shape index (κ2) is 9.56. The van der Waals surface area contributed by atoms with E-state index >= 15 is 0 Å². The van der Waals surface area contributed by atoms with Crippen molar-refractivity contribution in [1.29, 1.82) is 0 Å². The highest BCUT2D eigenvalue weighted by Crippen LogP contribution is 2.22. The maximum atomic E-state index is 12.5. The highest BCUT2D eigenvalue weighted by Gasteiger charge is 2.24. The third-order valence-electron chi connectivity index (χ3n) is 5.14. The number of aromatic nitrogens is 2. The Labute approximate surface area is 179 Å². The van der Waals surface area contributed by atoms with Gasteiger partial charge in [0, 0.05) is 31.5 Å². The number of benzene rings is 1. The predicted molar refractivity (Wildman–Crippen MR) is 114 cm³/mol. The molecule has 3 rings (SSSR count). The summed E-state index contributed by atoms with van der Waals surface area (Å²) < 4.78 is 6.64. The molecule has 1 aliphatic heterocycles. The number of nitrogens with zero attached hydrogens (tertiary/aromatic N) is 5. The standard InChI is InChI=1S/C20H26N6O5/c1-14-20(26(29)30)15(2)25(22-14)13-19(28)23(3)12-18(27)21-16-4-6-17(7-5-16)24-8-10-31-11-9-24/h4-7H,8-13H2,1-3H3,(H,21,27). The first-order valence-corrected chi connectivity index (χ1v) is 9.91. The van der Waals surface area contributed by atoms with Gasteiger partial charge in [-0.15, -0.1) is 0 Å². The molecule has 1 aromatic carbocycles. The Morgan fingerprint density at radius 2 is 1.87 bits per heavy atom. The molecule has 0 saturated carbocycles. The number of rotatable bonds is 7. The zero-order valence-corrected chi connectivity index (χ0v) is 17.8. The number of hydrogen-bond acceptors (Lipinski definition) is 7. The zero-order valence-electron chi connectivity index (χ0n) is 17.8. The molecule has 2 aromatic rings. The van der Waals surface area contributed by atoms with Crippen molar-refractivity contribution < 1.29 is 19.2 Å². The quantitative estimate of drug-likeness (QED) is 0.519.